The molecule has 6 aromatic rings. The Morgan fingerprint density at radius 3 is 1.17 bits per heavy atom. The number of hydrogen-bond acceptors (Lipinski definition) is 2. The number of hydrogen-bond donors (Lipinski definition) is 0. The molecule has 0 bridgehead atoms. The monoisotopic (exact) mass is 631 g/mol. The molecule has 0 atom stereocenters. The first-order valence-corrected chi connectivity index (χ1v) is 11.5. The summed E-state index contributed by atoms with van der Waals surface area (Å²) in [5.41, 5.74) is 9.04. The smallest absolute Gasteiger partial charge is 0.248 e. The zero-order valence-corrected chi connectivity index (χ0v) is 22.2. The van der Waals surface area contributed by atoms with E-state index in [1.807, 2.05) is 60.7 Å². The van der Waals surface area contributed by atoms with Gasteiger partial charge >= 0.3 is 20.1 Å². The fourth-order valence-corrected chi connectivity index (χ4v) is 4.22. The van der Waals surface area contributed by atoms with Crippen LogP contribution in [0.4, 0.5) is 0 Å². The van der Waals surface area contributed by atoms with Gasteiger partial charge in [-0.25, -0.2) is 9.97 Å². The second-order valence-corrected chi connectivity index (χ2v) is 8.43. The Bertz CT molecular complexity index is 1440. The van der Waals surface area contributed by atoms with Crippen molar-refractivity contribution in [1.29, 1.82) is 0 Å². The van der Waals surface area contributed by atoms with Gasteiger partial charge in [0.1, 0.15) is 0 Å². The van der Waals surface area contributed by atoms with Gasteiger partial charge in [-0.1, -0.05) is 97.1 Å². The third kappa shape index (κ3) is 5.54. The Balaban J connectivity index is 0.000000160. The second kappa shape index (κ2) is 11.2. The first kappa shape index (κ1) is 24.5. The summed E-state index contributed by atoms with van der Waals surface area (Å²) in [5, 5.41) is 2.40. The molecule has 0 unspecified atom stereocenters. The number of aryl methyl sites for hydroxylation is 2. The first-order valence-electron chi connectivity index (χ1n) is 11.5. The summed E-state index contributed by atoms with van der Waals surface area (Å²) in [5.74, 6) is 0. The van der Waals surface area contributed by atoms with Gasteiger partial charge in [0.25, 0.3) is 0 Å². The average Bonchev–Trinajstić information content (AvgIpc) is 2.89. The Morgan fingerprint density at radius 1 is 0.429 bits per heavy atom. The van der Waals surface area contributed by atoms with Gasteiger partial charge in [0, 0.05) is 21.9 Å². The molecule has 0 aliphatic carbocycles. The summed E-state index contributed by atoms with van der Waals surface area (Å²) >= 11 is 0. The average molecular weight is 631 g/mol. The van der Waals surface area contributed by atoms with Crippen molar-refractivity contribution in [2.45, 2.75) is 13.8 Å². The number of para-hydroxylation sites is 2. The number of aromatic nitrogens is 2. The quantitative estimate of drug-likeness (QED) is 0.192. The molecule has 0 saturated carbocycles. The maximum absolute atomic E-state index is 4.74. The predicted octanol–water partition coefficient (Wildman–Crippen LogP) is 8.42. The number of fused-ring (bicyclic) bond motifs is 2. The molecular formula is C32H26IrN2+3. The first-order chi connectivity index (χ1) is 16.7. The summed E-state index contributed by atoms with van der Waals surface area (Å²) in [6, 6.07) is 41.5. The van der Waals surface area contributed by atoms with Crippen molar-refractivity contribution in [3.8, 4) is 22.5 Å². The van der Waals surface area contributed by atoms with E-state index in [1.165, 1.54) is 33.0 Å². The third-order valence-corrected chi connectivity index (χ3v) is 5.92. The van der Waals surface area contributed by atoms with Crippen molar-refractivity contribution >= 4 is 21.8 Å². The molecule has 0 aliphatic heterocycles. The largest absolute Gasteiger partial charge is 3.00 e. The van der Waals surface area contributed by atoms with E-state index in [0.717, 1.165) is 22.4 Å². The molecule has 2 aromatic heterocycles. The Morgan fingerprint density at radius 2 is 0.771 bits per heavy atom. The maximum atomic E-state index is 4.74. The molecule has 35 heavy (non-hydrogen) atoms. The van der Waals surface area contributed by atoms with Crippen LogP contribution in [-0.2, 0) is 20.1 Å². The minimum absolute atomic E-state index is 0. The SMILES string of the molecule is Cc1cc2ccccc2nc1-c1ccccc1.Cc1cc2ccccc2nc1-c1ccccc1.[Ir+3]. The molecule has 3 heteroatoms. The van der Waals surface area contributed by atoms with E-state index >= 15 is 0 Å². The number of nitrogens with zero attached hydrogens (tertiary/aromatic N) is 2. The van der Waals surface area contributed by atoms with Crippen LogP contribution in [0.5, 0.6) is 0 Å². The second-order valence-electron chi connectivity index (χ2n) is 8.43. The van der Waals surface area contributed by atoms with Crippen molar-refractivity contribution < 1.29 is 20.1 Å². The van der Waals surface area contributed by atoms with Crippen LogP contribution < -0.4 is 0 Å². The molecule has 4 aromatic carbocycles. The fourth-order valence-electron chi connectivity index (χ4n) is 4.22. The summed E-state index contributed by atoms with van der Waals surface area (Å²) in [6.07, 6.45) is 0. The maximum Gasteiger partial charge on any atom is 3.00 e. The van der Waals surface area contributed by atoms with Gasteiger partial charge in [-0.05, 0) is 49.2 Å². The Labute approximate surface area is 220 Å². The molecule has 170 valence electrons. The van der Waals surface area contributed by atoms with E-state index in [9.17, 15) is 0 Å². The number of benzene rings is 4. The van der Waals surface area contributed by atoms with Gasteiger partial charge in [0.2, 0.25) is 0 Å². The minimum Gasteiger partial charge on any atom is -0.248 e. The zero-order chi connectivity index (χ0) is 23.3. The van der Waals surface area contributed by atoms with Gasteiger partial charge in [-0.2, -0.15) is 0 Å². The molecule has 0 spiro atoms. The van der Waals surface area contributed by atoms with E-state index in [4.69, 9.17) is 9.97 Å². The third-order valence-electron chi connectivity index (χ3n) is 5.92. The molecule has 0 saturated heterocycles. The van der Waals surface area contributed by atoms with Crippen molar-refractivity contribution in [2.75, 3.05) is 0 Å². The van der Waals surface area contributed by atoms with Gasteiger partial charge in [-0.3, -0.25) is 0 Å². The summed E-state index contributed by atoms with van der Waals surface area (Å²) < 4.78 is 0. The minimum atomic E-state index is 0. The van der Waals surface area contributed by atoms with Crippen molar-refractivity contribution in [2.24, 2.45) is 0 Å². The van der Waals surface area contributed by atoms with Crippen LogP contribution in [-0.4, -0.2) is 9.97 Å². The zero-order valence-electron chi connectivity index (χ0n) is 19.8. The van der Waals surface area contributed by atoms with Crippen molar-refractivity contribution in [1.82, 2.24) is 9.97 Å². The topological polar surface area (TPSA) is 25.8 Å². The molecule has 0 radical (unpaired) electrons. The van der Waals surface area contributed by atoms with E-state index in [0.29, 0.717) is 0 Å². The van der Waals surface area contributed by atoms with Crippen LogP contribution in [0.25, 0.3) is 44.3 Å². The normalized spacial score (nSPS) is 10.3. The van der Waals surface area contributed by atoms with Gasteiger partial charge in [-0.15, -0.1) is 0 Å². The van der Waals surface area contributed by atoms with E-state index in [-0.39, 0.29) is 20.1 Å². The van der Waals surface area contributed by atoms with E-state index in [1.54, 1.807) is 0 Å². The van der Waals surface area contributed by atoms with Crippen LogP contribution >= 0.6 is 0 Å². The molecule has 6 rings (SSSR count). The summed E-state index contributed by atoms with van der Waals surface area (Å²) in [7, 11) is 0. The number of rotatable bonds is 2. The molecular weight excluding hydrogens is 605 g/mol. The van der Waals surface area contributed by atoms with Crippen LogP contribution in [0.1, 0.15) is 11.1 Å². The Kier molecular flexibility index (Phi) is 7.82. The molecule has 2 heterocycles. The molecule has 0 N–H and O–H groups in total. The molecule has 0 amide bonds. The van der Waals surface area contributed by atoms with Crippen LogP contribution in [0.3, 0.4) is 0 Å². The van der Waals surface area contributed by atoms with Crippen LogP contribution in [0.2, 0.25) is 0 Å². The van der Waals surface area contributed by atoms with Gasteiger partial charge in [0.15, 0.2) is 0 Å². The fraction of sp³-hybridized carbons (Fsp3) is 0.0625. The summed E-state index contributed by atoms with van der Waals surface area (Å²) in [6.45, 7) is 4.23. The van der Waals surface area contributed by atoms with E-state index in [2.05, 4.69) is 74.5 Å². The predicted molar refractivity (Wildman–Crippen MR) is 144 cm³/mol. The Hall–Kier alpha value is -3.65. The van der Waals surface area contributed by atoms with Gasteiger partial charge in [0.05, 0.1) is 22.4 Å². The standard InChI is InChI=1S/2C16H13N.Ir/c2*1-12-11-14-9-5-6-10-15(14)17-16(12)13-7-3-2-4-8-13;/h2*2-11H,1H3;/q;;+3. The molecule has 2 nitrogen and oxygen atoms in total. The van der Waals surface area contributed by atoms with Crippen LogP contribution in [0, 0.1) is 13.8 Å². The van der Waals surface area contributed by atoms with Gasteiger partial charge < -0.3 is 0 Å². The van der Waals surface area contributed by atoms with E-state index < -0.39 is 0 Å². The molecule has 0 fully saturated rings. The number of pyridine rings is 2. The summed E-state index contributed by atoms with van der Waals surface area (Å²) in [4.78, 5) is 9.49. The molecule has 0 aliphatic rings. The van der Waals surface area contributed by atoms with Crippen LogP contribution in [0.15, 0.2) is 121 Å². The van der Waals surface area contributed by atoms with Crippen molar-refractivity contribution in [3.05, 3.63) is 132 Å². The van der Waals surface area contributed by atoms with Crippen molar-refractivity contribution in [3.63, 3.8) is 0 Å².